The van der Waals surface area contributed by atoms with Crippen LogP contribution in [-0.4, -0.2) is 64.2 Å². The first-order valence-corrected chi connectivity index (χ1v) is 10.5. The zero-order valence-electron chi connectivity index (χ0n) is 19.0. The van der Waals surface area contributed by atoms with Crippen LogP contribution in [0.25, 0.3) is 0 Å². The minimum atomic E-state index is -0.179. The second-order valence-electron chi connectivity index (χ2n) is 7.29. The Hall–Kier alpha value is -3.12. The molecule has 0 amide bonds. The van der Waals surface area contributed by atoms with E-state index in [9.17, 15) is 5.11 Å². The first-order valence-electron chi connectivity index (χ1n) is 10.5. The van der Waals surface area contributed by atoms with Gasteiger partial charge in [0.1, 0.15) is 0 Å². The molecule has 0 spiro atoms. The summed E-state index contributed by atoms with van der Waals surface area (Å²) in [5.74, 6) is 2.30. The maximum absolute atomic E-state index is 9.44. The van der Waals surface area contributed by atoms with E-state index in [0.29, 0.717) is 36.2 Å². The van der Waals surface area contributed by atoms with Gasteiger partial charge in [-0.1, -0.05) is 27.2 Å². The molecule has 2 rings (SSSR count). The number of nitrogens with one attached hydrogen (secondary N) is 2. The van der Waals surface area contributed by atoms with Crippen LogP contribution >= 0.6 is 0 Å². The number of rotatable bonds is 14. The molecule has 0 aliphatic heterocycles. The van der Waals surface area contributed by atoms with Crippen LogP contribution in [0.1, 0.15) is 33.6 Å². The lowest BCUT2D eigenvalue weighted by Crippen LogP contribution is -2.33. The number of nitrogens with two attached hydrogens (primary N) is 2. The molecule has 0 bridgehead atoms. The zero-order chi connectivity index (χ0) is 23.5. The SMILES string of the molecule is CCC(CO)Nc1nc(N)ncc1OCOC[C@@H](Nc1nc(N)ncc1OC)[C@@H](C)CC. The molecular formula is C20H34N8O4. The van der Waals surface area contributed by atoms with Crippen molar-refractivity contribution in [3.63, 3.8) is 0 Å². The number of aliphatic hydroxyl groups excluding tert-OH is 1. The van der Waals surface area contributed by atoms with E-state index in [0.717, 1.165) is 6.42 Å². The van der Waals surface area contributed by atoms with Gasteiger partial charge in [-0.3, -0.25) is 0 Å². The Bertz CT molecular complexity index is 837. The highest BCUT2D eigenvalue weighted by Gasteiger charge is 2.20. The molecule has 2 aromatic rings. The maximum atomic E-state index is 9.44. The number of hydrogen-bond donors (Lipinski definition) is 5. The molecule has 0 aliphatic carbocycles. The number of nitrogen functional groups attached to an aromatic ring is 2. The lowest BCUT2D eigenvalue weighted by atomic mass is 10.00. The number of ether oxygens (including phenoxy) is 3. The van der Waals surface area contributed by atoms with Crippen molar-refractivity contribution in [2.24, 2.45) is 5.92 Å². The summed E-state index contributed by atoms with van der Waals surface area (Å²) in [5, 5.41) is 15.9. The van der Waals surface area contributed by atoms with Crippen LogP contribution in [-0.2, 0) is 4.74 Å². The molecule has 0 aromatic carbocycles. The predicted octanol–water partition coefficient (Wildman–Crippen LogP) is 1.50. The third-order valence-electron chi connectivity index (χ3n) is 5.07. The standard InChI is InChI=1S/C20H34N8O4/c1-5-12(3)14(26-17-15(30-4)7-23-19(21)27-17)10-31-11-32-16-8-24-20(22)28-18(16)25-13(6-2)9-29/h7-8,12-14,29H,5-6,9-11H2,1-4H3,(H3,21,23,26,27)(H3,22,24,25,28)/t12-,13?,14+/m0/s1. The van der Waals surface area contributed by atoms with E-state index >= 15 is 0 Å². The van der Waals surface area contributed by atoms with Crippen molar-refractivity contribution in [1.29, 1.82) is 0 Å². The summed E-state index contributed by atoms with van der Waals surface area (Å²) in [6, 6.07) is -0.257. The smallest absolute Gasteiger partial charge is 0.222 e. The molecule has 32 heavy (non-hydrogen) atoms. The van der Waals surface area contributed by atoms with E-state index in [1.165, 1.54) is 12.4 Å². The fourth-order valence-electron chi connectivity index (χ4n) is 2.79. The molecule has 12 heteroatoms. The summed E-state index contributed by atoms with van der Waals surface area (Å²) in [6.07, 6.45) is 4.62. The van der Waals surface area contributed by atoms with Gasteiger partial charge in [0.2, 0.25) is 11.9 Å². The average molecular weight is 451 g/mol. The molecule has 178 valence electrons. The molecular weight excluding hydrogens is 416 g/mol. The van der Waals surface area contributed by atoms with E-state index in [1.807, 2.05) is 6.92 Å². The topological polar surface area (TPSA) is 176 Å². The number of nitrogens with zero attached hydrogens (tertiary/aromatic N) is 4. The van der Waals surface area contributed by atoms with E-state index in [1.54, 1.807) is 7.11 Å². The Kier molecular flexibility index (Phi) is 9.95. The third-order valence-corrected chi connectivity index (χ3v) is 5.07. The Balaban J connectivity index is 2.00. The van der Waals surface area contributed by atoms with Gasteiger partial charge in [-0.05, 0) is 12.3 Å². The fraction of sp³-hybridized carbons (Fsp3) is 0.600. The summed E-state index contributed by atoms with van der Waals surface area (Å²) >= 11 is 0. The van der Waals surface area contributed by atoms with Crippen LogP contribution in [0.4, 0.5) is 23.5 Å². The van der Waals surface area contributed by atoms with Crippen molar-refractivity contribution >= 4 is 23.5 Å². The Morgan fingerprint density at radius 1 is 1.00 bits per heavy atom. The molecule has 0 fully saturated rings. The summed E-state index contributed by atoms with van der Waals surface area (Å²) < 4.78 is 16.8. The second-order valence-corrected chi connectivity index (χ2v) is 7.29. The number of aliphatic hydroxyl groups is 1. The van der Waals surface area contributed by atoms with Gasteiger partial charge in [0.05, 0.1) is 44.8 Å². The Morgan fingerprint density at radius 2 is 1.62 bits per heavy atom. The molecule has 0 aliphatic rings. The molecule has 2 aromatic heterocycles. The van der Waals surface area contributed by atoms with Crippen LogP contribution in [0.5, 0.6) is 11.5 Å². The average Bonchev–Trinajstić information content (AvgIpc) is 2.80. The first-order chi connectivity index (χ1) is 15.4. The predicted molar refractivity (Wildman–Crippen MR) is 123 cm³/mol. The van der Waals surface area contributed by atoms with Crippen molar-refractivity contribution in [3.05, 3.63) is 12.4 Å². The Labute approximate surface area is 188 Å². The summed E-state index contributed by atoms with van der Waals surface area (Å²) in [5.41, 5.74) is 11.4. The molecule has 0 saturated carbocycles. The van der Waals surface area contributed by atoms with Crippen molar-refractivity contribution in [3.8, 4) is 11.5 Å². The van der Waals surface area contributed by atoms with E-state index in [4.69, 9.17) is 25.7 Å². The fourth-order valence-corrected chi connectivity index (χ4v) is 2.79. The number of anilines is 4. The van der Waals surface area contributed by atoms with Crippen LogP contribution in [0.15, 0.2) is 12.4 Å². The van der Waals surface area contributed by atoms with Gasteiger partial charge in [-0.15, -0.1) is 0 Å². The second kappa shape index (κ2) is 12.7. The number of methoxy groups -OCH3 is 1. The highest BCUT2D eigenvalue weighted by Crippen LogP contribution is 2.25. The van der Waals surface area contributed by atoms with Gasteiger partial charge in [0, 0.05) is 0 Å². The van der Waals surface area contributed by atoms with Crippen LogP contribution in [0.2, 0.25) is 0 Å². The molecule has 12 nitrogen and oxygen atoms in total. The molecule has 0 saturated heterocycles. The van der Waals surface area contributed by atoms with E-state index < -0.39 is 0 Å². The van der Waals surface area contributed by atoms with Crippen LogP contribution in [0, 0.1) is 5.92 Å². The summed E-state index contributed by atoms with van der Waals surface area (Å²) in [7, 11) is 1.54. The van der Waals surface area contributed by atoms with E-state index in [-0.39, 0.29) is 43.3 Å². The van der Waals surface area contributed by atoms with E-state index in [2.05, 4.69) is 44.4 Å². The van der Waals surface area contributed by atoms with Crippen LogP contribution in [0.3, 0.4) is 0 Å². The minimum Gasteiger partial charge on any atom is -0.491 e. The maximum Gasteiger partial charge on any atom is 0.222 e. The minimum absolute atomic E-state index is 0.0322. The highest BCUT2D eigenvalue weighted by atomic mass is 16.7. The van der Waals surface area contributed by atoms with Crippen molar-refractivity contribution in [1.82, 2.24) is 19.9 Å². The van der Waals surface area contributed by atoms with Gasteiger partial charge in [0.25, 0.3) is 0 Å². The molecule has 7 N–H and O–H groups in total. The van der Waals surface area contributed by atoms with Gasteiger partial charge in [-0.2, -0.15) is 9.97 Å². The van der Waals surface area contributed by atoms with Gasteiger partial charge in [0.15, 0.2) is 29.9 Å². The monoisotopic (exact) mass is 450 g/mol. The molecule has 3 atom stereocenters. The van der Waals surface area contributed by atoms with Crippen molar-refractivity contribution in [2.45, 2.75) is 45.7 Å². The Morgan fingerprint density at radius 3 is 2.19 bits per heavy atom. The largest absolute Gasteiger partial charge is 0.491 e. The molecule has 0 radical (unpaired) electrons. The highest BCUT2D eigenvalue weighted by molar-refractivity contribution is 5.52. The normalized spacial score (nSPS) is 13.8. The number of aromatic nitrogens is 4. The van der Waals surface area contributed by atoms with Gasteiger partial charge in [-0.25, -0.2) is 9.97 Å². The summed E-state index contributed by atoms with van der Waals surface area (Å²) in [6.45, 7) is 6.41. The van der Waals surface area contributed by atoms with Crippen LogP contribution < -0.4 is 31.6 Å². The van der Waals surface area contributed by atoms with Crippen molar-refractivity contribution in [2.75, 3.05) is 49.2 Å². The third kappa shape index (κ3) is 7.24. The first kappa shape index (κ1) is 25.1. The lowest BCUT2D eigenvalue weighted by Gasteiger charge is -2.25. The van der Waals surface area contributed by atoms with Gasteiger partial charge >= 0.3 is 0 Å². The quantitative estimate of drug-likeness (QED) is 0.207. The molecule has 1 unspecified atom stereocenters. The zero-order valence-corrected chi connectivity index (χ0v) is 19.0. The van der Waals surface area contributed by atoms with Gasteiger partial charge < -0.3 is 41.4 Å². The summed E-state index contributed by atoms with van der Waals surface area (Å²) in [4.78, 5) is 16.3. The lowest BCUT2D eigenvalue weighted by molar-refractivity contribution is 0.00570. The molecule has 2 heterocycles. The number of hydrogen-bond acceptors (Lipinski definition) is 12. The van der Waals surface area contributed by atoms with Crippen molar-refractivity contribution < 1.29 is 19.3 Å².